The van der Waals surface area contributed by atoms with Crippen molar-refractivity contribution < 1.29 is 14.6 Å². The maximum Gasteiger partial charge on any atom is 0.192 e. The number of hydrogen-bond donors (Lipinski definition) is 1. The first-order chi connectivity index (χ1) is 5.55. The number of aliphatic hydroxyl groups excluding tert-OH is 1. The number of ketones is 1. The van der Waals surface area contributed by atoms with Crippen LogP contribution in [0, 0.1) is 0 Å². The zero-order valence-electron chi connectivity index (χ0n) is 7.83. The molecule has 0 bridgehead atoms. The topological polar surface area (TPSA) is 46.5 Å². The molecule has 3 nitrogen and oxygen atoms in total. The highest BCUT2D eigenvalue weighted by Crippen LogP contribution is 2.31. The average molecular weight is 172 g/mol. The van der Waals surface area contributed by atoms with E-state index in [1.807, 2.05) is 13.8 Å². The van der Waals surface area contributed by atoms with Crippen molar-refractivity contribution in [3.05, 3.63) is 0 Å². The molecule has 0 aromatic carbocycles. The fourth-order valence-corrected chi connectivity index (χ4v) is 1.49. The molecular weight excluding hydrogens is 156 g/mol. The summed E-state index contributed by atoms with van der Waals surface area (Å²) in [5, 5.41) is 9.54. The third-order valence-electron chi connectivity index (χ3n) is 2.65. The van der Waals surface area contributed by atoms with Gasteiger partial charge in [0.15, 0.2) is 5.78 Å². The smallest absolute Gasteiger partial charge is 0.192 e. The van der Waals surface area contributed by atoms with E-state index in [9.17, 15) is 9.90 Å². The minimum Gasteiger partial charge on any atom is -0.382 e. The monoisotopic (exact) mass is 172 g/mol. The van der Waals surface area contributed by atoms with Crippen molar-refractivity contribution in [3.63, 3.8) is 0 Å². The molecule has 1 heterocycles. The zero-order valence-corrected chi connectivity index (χ0v) is 7.83. The Morgan fingerprint density at radius 1 is 1.58 bits per heavy atom. The molecule has 0 spiro atoms. The molecule has 70 valence electrons. The van der Waals surface area contributed by atoms with Crippen molar-refractivity contribution in [3.8, 4) is 0 Å². The van der Waals surface area contributed by atoms with Crippen molar-refractivity contribution in [2.24, 2.45) is 0 Å². The maximum atomic E-state index is 11.3. The van der Waals surface area contributed by atoms with E-state index in [2.05, 4.69) is 0 Å². The molecule has 3 atom stereocenters. The van der Waals surface area contributed by atoms with Crippen LogP contribution < -0.4 is 0 Å². The zero-order chi connectivity index (χ0) is 9.35. The first-order valence-corrected chi connectivity index (χ1v) is 4.44. The van der Waals surface area contributed by atoms with Crippen molar-refractivity contribution >= 4 is 5.78 Å². The van der Waals surface area contributed by atoms with Crippen LogP contribution in [0.3, 0.4) is 0 Å². The van der Waals surface area contributed by atoms with Crippen molar-refractivity contribution in [1.29, 1.82) is 0 Å². The van der Waals surface area contributed by atoms with Crippen LogP contribution in [0.2, 0.25) is 0 Å². The highest BCUT2D eigenvalue weighted by atomic mass is 16.5. The van der Waals surface area contributed by atoms with Gasteiger partial charge in [-0.2, -0.15) is 0 Å². The minimum absolute atomic E-state index is 0.165. The third-order valence-corrected chi connectivity index (χ3v) is 2.65. The highest BCUT2D eigenvalue weighted by molar-refractivity contribution is 5.90. The van der Waals surface area contributed by atoms with Crippen molar-refractivity contribution in [1.82, 2.24) is 0 Å². The molecule has 0 amide bonds. The first kappa shape index (κ1) is 9.68. The summed E-state index contributed by atoms with van der Waals surface area (Å²) in [4.78, 5) is 11.3. The first-order valence-electron chi connectivity index (χ1n) is 4.44. The predicted molar refractivity (Wildman–Crippen MR) is 44.9 cm³/mol. The fourth-order valence-electron chi connectivity index (χ4n) is 1.49. The van der Waals surface area contributed by atoms with Crippen LogP contribution in [0.15, 0.2) is 0 Å². The SMILES string of the molecule is CCC1OC(C)(CC)C(O)C1=O. The molecule has 1 aliphatic heterocycles. The Hall–Kier alpha value is -0.410. The number of hydrogen-bond acceptors (Lipinski definition) is 3. The van der Waals surface area contributed by atoms with Gasteiger partial charge in [0.2, 0.25) is 0 Å². The van der Waals surface area contributed by atoms with Gasteiger partial charge in [0, 0.05) is 0 Å². The highest BCUT2D eigenvalue weighted by Gasteiger charge is 2.48. The Labute approximate surface area is 72.7 Å². The molecule has 0 aliphatic carbocycles. The van der Waals surface area contributed by atoms with Gasteiger partial charge < -0.3 is 9.84 Å². The van der Waals surface area contributed by atoms with E-state index in [-0.39, 0.29) is 5.78 Å². The van der Waals surface area contributed by atoms with Crippen LogP contribution in [0.25, 0.3) is 0 Å². The van der Waals surface area contributed by atoms with Crippen LogP contribution in [0.4, 0.5) is 0 Å². The number of rotatable bonds is 2. The summed E-state index contributed by atoms with van der Waals surface area (Å²) in [6.45, 7) is 5.58. The van der Waals surface area contributed by atoms with Gasteiger partial charge in [-0.15, -0.1) is 0 Å². The summed E-state index contributed by atoms with van der Waals surface area (Å²) >= 11 is 0. The van der Waals surface area contributed by atoms with Gasteiger partial charge >= 0.3 is 0 Å². The molecule has 3 unspecified atom stereocenters. The van der Waals surface area contributed by atoms with Gasteiger partial charge in [0.05, 0.1) is 5.60 Å². The standard InChI is InChI=1S/C9H16O3/c1-4-6-7(10)8(11)9(3,5-2)12-6/h6,8,11H,4-5H2,1-3H3. The van der Waals surface area contributed by atoms with Crippen LogP contribution in [-0.2, 0) is 9.53 Å². The molecule has 0 aromatic rings. The molecule has 0 radical (unpaired) electrons. The Morgan fingerprint density at radius 3 is 2.42 bits per heavy atom. The van der Waals surface area contributed by atoms with Gasteiger partial charge in [-0.25, -0.2) is 0 Å². The summed E-state index contributed by atoms with van der Waals surface area (Å²) in [7, 11) is 0. The lowest BCUT2D eigenvalue weighted by Crippen LogP contribution is -2.37. The largest absolute Gasteiger partial charge is 0.382 e. The number of carbonyl (C=O) groups excluding carboxylic acids is 1. The third kappa shape index (κ3) is 1.27. The van der Waals surface area contributed by atoms with Gasteiger partial charge in [-0.05, 0) is 19.8 Å². The van der Waals surface area contributed by atoms with Gasteiger partial charge in [0.1, 0.15) is 12.2 Å². The summed E-state index contributed by atoms with van der Waals surface area (Å²) in [6, 6.07) is 0. The lowest BCUT2D eigenvalue weighted by molar-refractivity contribution is -0.127. The Morgan fingerprint density at radius 2 is 2.17 bits per heavy atom. The van der Waals surface area contributed by atoms with E-state index in [1.165, 1.54) is 0 Å². The second kappa shape index (κ2) is 3.15. The van der Waals surface area contributed by atoms with Crippen LogP contribution >= 0.6 is 0 Å². The van der Waals surface area contributed by atoms with E-state index < -0.39 is 17.8 Å². The van der Waals surface area contributed by atoms with E-state index >= 15 is 0 Å². The number of aliphatic hydroxyl groups is 1. The van der Waals surface area contributed by atoms with Crippen molar-refractivity contribution in [2.75, 3.05) is 0 Å². The van der Waals surface area contributed by atoms with E-state index in [0.29, 0.717) is 12.8 Å². The van der Waals surface area contributed by atoms with Crippen LogP contribution in [-0.4, -0.2) is 28.7 Å². The number of Topliss-reactive ketones (excluding diaryl/α,β-unsaturated/α-hetero) is 1. The molecule has 3 heteroatoms. The molecular formula is C9H16O3. The van der Waals surface area contributed by atoms with E-state index in [4.69, 9.17) is 4.74 Å². The number of ether oxygens (including phenoxy) is 1. The molecule has 1 aliphatic rings. The molecule has 1 N–H and O–H groups in total. The lowest BCUT2D eigenvalue weighted by Gasteiger charge is -2.24. The summed E-state index contributed by atoms with van der Waals surface area (Å²) in [5.74, 6) is -0.165. The number of carbonyl (C=O) groups is 1. The molecule has 1 fully saturated rings. The second-order valence-corrected chi connectivity index (χ2v) is 3.49. The summed E-state index contributed by atoms with van der Waals surface area (Å²) in [5.41, 5.74) is -0.655. The van der Waals surface area contributed by atoms with Gasteiger partial charge in [-0.1, -0.05) is 13.8 Å². The van der Waals surface area contributed by atoms with Gasteiger partial charge in [-0.3, -0.25) is 4.79 Å². The van der Waals surface area contributed by atoms with Crippen LogP contribution in [0.5, 0.6) is 0 Å². The second-order valence-electron chi connectivity index (χ2n) is 3.49. The molecule has 0 aromatic heterocycles. The summed E-state index contributed by atoms with van der Waals surface area (Å²) in [6.07, 6.45) is -0.0283. The fraction of sp³-hybridized carbons (Fsp3) is 0.889. The molecule has 12 heavy (non-hydrogen) atoms. The normalized spacial score (nSPS) is 42.2. The minimum atomic E-state index is -0.938. The molecule has 0 saturated carbocycles. The Kier molecular flexibility index (Phi) is 2.54. The maximum absolute atomic E-state index is 11.3. The Balaban J connectivity index is 2.80. The van der Waals surface area contributed by atoms with Crippen molar-refractivity contribution in [2.45, 2.75) is 51.4 Å². The summed E-state index contributed by atoms with van der Waals surface area (Å²) < 4.78 is 5.47. The molecule has 1 saturated heterocycles. The molecule has 1 rings (SSSR count). The average Bonchev–Trinajstić information content (AvgIpc) is 2.31. The van der Waals surface area contributed by atoms with E-state index in [0.717, 1.165) is 0 Å². The quantitative estimate of drug-likeness (QED) is 0.673. The lowest BCUT2D eigenvalue weighted by atomic mass is 9.95. The Bertz CT molecular complexity index is 190. The predicted octanol–water partition coefficient (Wildman–Crippen LogP) is 0.894. The van der Waals surface area contributed by atoms with E-state index in [1.54, 1.807) is 6.92 Å². The van der Waals surface area contributed by atoms with Gasteiger partial charge in [0.25, 0.3) is 0 Å². The van der Waals surface area contributed by atoms with Crippen LogP contribution in [0.1, 0.15) is 33.6 Å².